The number of aliphatic carboxylic acids is 1. The summed E-state index contributed by atoms with van der Waals surface area (Å²) in [6.07, 6.45) is 4.11. The predicted molar refractivity (Wildman–Crippen MR) is 65.3 cm³/mol. The van der Waals surface area contributed by atoms with Gasteiger partial charge in [-0.15, -0.1) is 0 Å². The van der Waals surface area contributed by atoms with E-state index >= 15 is 0 Å². The van der Waals surface area contributed by atoms with Crippen LogP contribution in [0.4, 0.5) is 0 Å². The molecule has 4 N–H and O–H groups in total. The molecule has 1 heterocycles. The van der Waals surface area contributed by atoms with E-state index in [2.05, 4.69) is 5.32 Å². The molecule has 2 fully saturated rings. The van der Waals surface area contributed by atoms with Crippen molar-refractivity contribution >= 4 is 13.6 Å². The number of hydrogen-bond donors (Lipinski definition) is 4. The van der Waals surface area contributed by atoms with E-state index in [1.54, 1.807) is 0 Å². The van der Waals surface area contributed by atoms with Crippen LogP contribution in [-0.2, 0) is 9.36 Å². The fourth-order valence-electron chi connectivity index (χ4n) is 3.42. The number of carboxylic acid groups (broad SMARTS) is 1. The molecule has 104 valence electrons. The minimum atomic E-state index is -4.08. The number of fused-ring (bicyclic) bond motifs is 1. The summed E-state index contributed by atoms with van der Waals surface area (Å²) < 4.78 is 11.2. The third-order valence-corrected chi connectivity index (χ3v) is 5.09. The largest absolute Gasteiger partial charge is 0.480 e. The maximum absolute atomic E-state index is 11.2. The van der Waals surface area contributed by atoms with E-state index in [0.29, 0.717) is 6.42 Å². The summed E-state index contributed by atoms with van der Waals surface area (Å²) in [5, 5.41) is 12.2. The summed E-state index contributed by atoms with van der Waals surface area (Å²) in [5.74, 6) is -0.893. The van der Waals surface area contributed by atoms with E-state index in [0.717, 1.165) is 25.7 Å². The maximum atomic E-state index is 11.2. The quantitative estimate of drug-likeness (QED) is 0.568. The van der Waals surface area contributed by atoms with Crippen molar-refractivity contribution in [2.75, 3.05) is 6.16 Å². The second-order valence-electron chi connectivity index (χ2n) is 5.46. The highest BCUT2D eigenvalue weighted by Gasteiger charge is 2.42. The summed E-state index contributed by atoms with van der Waals surface area (Å²) in [4.78, 5) is 29.3. The van der Waals surface area contributed by atoms with E-state index in [9.17, 15) is 9.36 Å². The number of carboxylic acids is 1. The van der Waals surface area contributed by atoms with Crippen LogP contribution < -0.4 is 5.32 Å². The van der Waals surface area contributed by atoms with Gasteiger partial charge in [0.25, 0.3) is 0 Å². The molecule has 1 saturated carbocycles. The van der Waals surface area contributed by atoms with Gasteiger partial charge in [-0.2, -0.15) is 0 Å². The van der Waals surface area contributed by atoms with Gasteiger partial charge in [0.05, 0.1) is 6.16 Å². The van der Waals surface area contributed by atoms with Gasteiger partial charge in [0.1, 0.15) is 6.04 Å². The molecule has 0 amide bonds. The minimum absolute atomic E-state index is 0.102. The third-order valence-electron chi connectivity index (χ3n) is 4.15. The van der Waals surface area contributed by atoms with Gasteiger partial charge in [-0.25, -0.2) is 0 Å². The lowest BCUT2D eigenvalue weighted by Crippen LogP contribution is -2.56. The number of rotatable bonds is 3. The molecule has 0 spiro atoms. The summed E-state index contributed by atoms with van der Waals surface area (Å²) in [6.45, 7) is 0. The van der Waals surface area contributed by atoms with E-state index in [1.807, 2.05) is 0 Å². The monoisotopic (exact) mass is 277 g/mol. The molecule has 4 atom stereocenters. The van der Waals surface area contributed by atoms with Crippen molar-refractivity contribution in [3.05, 3.63) is 0 Å². The topological polar surface area (TPSA) is 107 Å². The van der Waals surface area contributed by atoms with Gasteiger partial charge in [-0.05, 0) is 31.1 Å². The third kappa shape index (κ3) is 3.32. The SMILES string of the molecule is O=C(O)[C@@H]1C[C@H](CP(=O)(O)O)C2CCCCC2N1. The standard InChI is InChI=1S/C11H20NO5P/c13-11(14)10-5-7(6-18(15,16)17)8-3-1-2-4-9(8)12-10/h7-10,12H,1-6H2,(H,13,14)(H2,15,16,17)/t7-,8?,9?,10+/m1/s1. The Bertz CT molecular complexity index is 368. The molecule has 0 radical (unpaired) electrons. The van der Waals surface area contributed by atoms with Crippen molar-refractivity contribution in [1.82, 2.24) is 5.32 Å². The molecule has 18 heavy (non-hydrogen) atoms. The smallest absolute Gasteiger partial charge is 0.325 e. The first kappa shape index (κ1) is 14.0. The summed E-state index contributed by atoms with van der Waals surface area (Å²) >= 11 is 0. The normalized spacial score (nSPS) is 37.0. The zero-order chi connectivity index (χ0) is 13.3. The number of hydrogen-bond acceptors (Lipinski definition) is 3. The zero-order valence-corrected chi connectivity index (χ0v) is 11.1. The summed E-state index contributed by atoms with van der Waals surface area (Å²) in [5.41, 5.74) is 0. The molecule has 0 aromatic carbocycles. The second-order valence-corrected chi connectivity index (χ2v) is 7.15. The van der Waals surface area contributed by atoms with Gasteiger partial charge >= 0.3 is 13.6 Å². The van der Waals surface area contributed by atoms with Gasteiger partial charge in [0, 0.05) is 6.04 Å². The van der Waals surface area contributed by atoms with Crippen LogP contribution in [0.15, 0.2) is 0 Å². The average Bonchev–Trinajstić information content (AvgIpc) is 2.26. The fraction of sp³-hybridized carbons (Fsp3) is 0.909. The van der Waals surface area contributed by atoms with Crippen LogP contribution in [0.2, 0.25) is 0 Å². The Morgan fingerprint density at radius 2 is 1.94 bits per heavy atom. The molecule has 1 aliphatic heterocycles. The molecule has 1 saturated heterocycles. The number of nitrogens with one attached hydrogen (secondary N) is 1. The van der Waals surface area contributed by atoms with Crippen molar-refractivity contribution in [2.24, 2.45) is 11.8 Å². The highest BCUT2D eigenvalue weighted by molar-refractivity contribution is 7.51. The number of carbonyl (C=O) groups is 1. The van der Waals surface area contributed by atoms with Crippen LogP contribution in [0.25, 0.3) is 0 Å². The predicted octanol–water partition coefficient (Wildman–Crippen LogP) is 0.786. The van der Waals surface area contributed by atoms with Crippen molar-refractivity contribution in [1.29, 1.82) is 0 Å². The fourth-order valence-corrected chi connectivity index (χ4v) is 4.45. The van der Waals surface area contributed by atoms with Crippen molar-refractivity contribution < 1.29 is 24.3 Å². The molecule has 0 bridgehead atoms. The average molecular weight is 277 g/mol. The Morgan fingerprint density at radius 1 is 1.28 bits per heavy atom. The minimum Gasteiger partial charge on any atom is -0.480 e. The van der Waals surface area contributed by atoms with Crippen molar-refractivity contribution in [3.8, 4) is 0 Å². The highest BCUT2D eigenvalue weighted by atomic mass is 31.2. The summed E-state index contributed by atoms with van der Waals surface area (Å²) in [7, 11) is -4.08. The first-order chi connectivity index (χ1) is 8.37. The molecule has 6 nitrogen and oxygen atoms in total. The highest BCUT2D eigenvalue weighted by Crippen LogP contribution is 2.45. The van der Waals surface area contributed by atoms with Crippen LogP contribution in [-0.4, -0.2) is 39.1 Å². The first-order valence-electron chi connectivity index (χ1n) is 6.40. The Kier molecular flexibility index (Phi) is 4.11. The lowest BCUT2D eigenvalue weighted by atomic mass is 9.72. The first-order valence-corrected chi connectivity index (χ1v) is 8.20. The van der Waals surface area contributed by atoms with Crippen molar-refractivity contribution in [3.63, 3.8) is 0 Å². The maximum Gasteiger partial charge on any atom is 0.325 e. The number of piperidine rings is 1. The van der Waals surface area contributed by atoms with Crippen LogP contribution in [0.3, 0.4) is 0 Å². The molecule has 2 rings (SSSR count). The zero-order valence-electron chi connectivity index (χ0n) is 10.2. The molecule has 1 aliphatic carbocycles. The van der Waals surface area contributed by atoms with E-state index < -0.39 is 19.6 Å². The second kappa shape index (κ2) is 5.29. The lowest BCUT2D eigenvalue weighted by Gasteiger charge is -2.44. The molecule has 2 unspecified atom stereocenters. The van der Waals surface area contributed by atoms with E-state index in [1.165, 1.54) is 0 Å². The molecule has 7 heteroatoms. The Hall–Kier alpha value is -0.420. The Balaban J connectivity index is 2.12. The molecule has 2 aliphatic rings. The molecular weight excluding hydrogens is 257 g/mol. The van der Waals surface area contributed by atoms with Gasteiger partial charge in [0.2, 0.25) is 0 Å². The van der Waals surface area contributed by atoms with Gasteiger partial charge < -0.3 is 20.2 Å². The van der Waals surface area contributed by atoms with Gasteiger partial charge in [0.15, 0.2) is 0 Å². The lowest BCUT2D eigenvalue weighted by molar-refractivity contribution is -0.141. The van der Waals surface area contributed by atoms with E-state index in [4.69, 9.17) is 14.9 Å². The van der Waals surface area contributed by atoms with Crippen molar-refractivity contribution in [2.45, 2.75) is 44.2 Å². The summed E-state index contributed by atoms with van der Waals surface area (Å²) in [6, 6.07) is -0.564. The Morgan fingerprint density at radius 3 is 2.56 bits per heavy atom. The Labute approximate surface area is 106 Å². The molecule has 0 aromatic rings. The van der Waals surface area contributed by atoms with Gasteiger partial charge in [-0.1, -0.05) is 12.8 Å². The van der Waals surface area contributed by atoms with Crippen LogP contribution >= 0.6 is 7.60 Å². The molecular formula is C11H20NO5P. The molecule has 0 aromatic heterocycles. The van der Waals surface area contributed by atoms with Crippen LogP contribution in [0, 0.1) is 11.8 Å². The van der Waals surface area contributed by atoms with E-state index in [-0.39, 0.29) is 24.0 Å². The van der Waals surface area contributed by atoms with Gasteiger partial charge in [-0.3, -0.25) is 9.36 Å². The van der Waals surface area contributed by atoms with Crippen LogP contribution in [0.5, 0.6) is 0 Å². The van der Waals surface area contributed by atoms with Crippen LogP contribution in [0.1, 0.15) is 32.1 Å².